The number of rotatable bonds is 3. The minimum Gasteiger partial charge on any atom is -0.336 e. The molecule has 4 nitrogen and oxygen atoms in total. The van der Waals surface area contributed by atoms with E-state index in [2.05, 4.69) is 24.1 Å². The van der Waals surface area contributed by atoms with E-state index in [-0.39, 0.29) is 5.91 Å². The summed E-state index contributed by atoms with van der Waals surface area (Å²) in [5.74, 6) is 0.199. The van der Waals surface area contributed by atoms with Gasteiger partial charge in [0.25, 0.3) is 5.91 Å². The number of hydrogen-bond donors (Lipinski definition) is 1. The van der Waals surface area contributed by atoms with Crippen LogP contribution in [0, 0.1) is 0 Å². The topological polar surface area (TPSA) is 46.9 Å². The molecule has 3 rings (SSSR count). The maximum absolute atomic E-state index is 12.5. The van der Waals surface area contributed by atoms with Crippen molar-refractivity contribution < 1.29 is 4.79 Å². The summed E-state index contributed by atoms with van der Waals surface area (Å²) in [6.45, 7) is 4.27. The van der Waals surface area contributed by atoms with E-state index >= 15 is 0 Å². The summed E-state index contributed by atoms with van der Waals surface area (Å²) in [6, 6.07) is 9.69. The van der Waals surface area contributed by atoms with Crippen molar-refractivity contribution in [1.82, 2.24) is 9.55 Å². The summed E-state index contributed by atoms with van der Waals surface area (Å²) in [6.07, 6.45) is 3.39. The Hall–Kier alpha value is -2.33. The predicted molar refractivity (Wildman–Crippen MR) is 94.2 cm³/mol. The molecule has 0 aliphatic heterocycles. The van der Waals surface area contributed by atoms with E-state index < -0.39 is 0 Å². The van der Waals surface area contributed by atoms with E-state index in [1.54, 1.807) is 0 Å². The quantitative estimate of drug-likeness (QED) is 0.764. The number of carbonyl (C=O) groups excluding carboxylic acids is 1. The first-order valence-corrected chi connectivity index (χ1v) is 7.86. The number of hydrogen-bond acceptors (Lipinski definition) is 2. The Morgan fingerprint density at radius 2 is 1.91 bits per heavy atom. The van der Waals surface area contributed by atoms with Crippen LogP contribution in [0.4, 0.5) is 5.69 Å². The van der Waals surface area contributed by atoms with E-state index in [1.165, 1.54) is 11.8 Å². The molecule has 0 fully saturated rings. The van der Waals surface area contributed by atoms with Crippen molar-refractivity contribution in [2.24, 2.45) is 7.05 Å². The van der Waals surface area contributed by atoms with Crippen LogP contribution in [0.3, 0.4) is 0 Å². The average Bonchev–Trinajstić information content (AvgIpc) is 2.90. The second-order valence-corrected chi connectivity index (χ2v) is 6.26. The van der Waals surface area contributed by atoms with Crippen molar-refractivity contribution in [1.29, 1.82) is 0 Å². The minimum absolute atomic E-state index is 0.259. The van der Waals surface area contributed by atoms with Gasteiger partial charge in [-0.3, -0.25) is 4.79 Å². The molecule has 3 aromatic rings. The van der Waals surface area contributed by atoms with Gasteiger partial charge in [0, 0.05) is 30.5 Å². The molecule has 0 aliphatic rings. The third kappa shape index (κ3) is 2.94. The van der Waals surface area contributed by atoms with Crippen molar-refractivity contribution in [3.8, 4) is 0 Å². The minimum atomic E-state index is -0.259. The van der Waals surface area contributed by atoms with Crippen LogP contribution in [0.5, 0.6) is 0 Å². The van der Waals surface area contributed by atoms with E-state index in [0.717, 1.165) is 16.7 Å². The largest absolute Gasteiger partial charge is 0.336 e. The fraction of sp³-hybridized carbons (Fsp3) is 0.222. The van der Waals surface area contributed by atoms with Crippen LogP contribution in [-0.4, -0.2) is 15.5 Å². The standard InChI is InChI=1S/C18H18ClN3O/c1-11(2)12-4-6-13(7-5-12)21-18(23)15-10-20-17-14(16(15)19)8-9-22(17)3/h4-11H,1-3H3,(H,21,23). The lowest BCUT2D eigenvalue weighted by Gasteiger charge is -2.09. The zero-order valence-corrected chi connectivity index (χ0v) is 14.1. The molecule has 2 heterocycles. The zero-order chi connectivity index (χ0) is 16.6. The smallest absolute Gasteiger partial charge is 0.258 e. The van der Waals surface area contributed by atoms with Gasteiger partial charge in [-0.25, -0.2) is 4.98 Å². The summed E-state index contributed by atoms with van der Waals surface area (Å²) < 4.78 is 1.87. The molecule has 0 atom stereocenters. The van der Waals surface area contributed by atoms with Crippen LogP contribution in [0.2, 0.25) is 5.02 Å². The molecule has 0 unspecified atom stereocenters. The highest BCUT2D eigenvalue weighted by Crippen LogP contribution is 2.27. The van der Waals surface area contributed by atoms with Gasteiger partial charge in [0.15, 0.2) is 0 Å². The number of aryl methyl sites for hydroxylation is 1. The molecule has 0 bridgehead atoms. The van der Waals surface area contributed by atoms with Gasteiger partial charge < -0.3 is 9.88 Å². The van der Waals surface area contributed by atoms with Gasteiger partial charge in [-0.1, -0.05) is 37.6 Å². The Morgan fingerprint density at radius 1 is 1.22 bits per heavy atom. The number of nitrogens with zero attached hydrogens (tertiary/aromatic N) is 2. The number of anilines is 1. The van der Waals surface area contributed by atoms with Crippen LogP contribution < -0.4 is 5.32 Å². The summed E-state index contributed by atoms with van der Waals surface area (Å²) in [5.41, 5.74) is 3.10. The molecule has 0 aliphatic carbocycles. The molecule has 0 saturated carbocycles. The highest BCUT2D eigenvalue weighted by atomic mass is 35.5. The first-order chi connectivity index (χ1) is 11.0. The van der Waals surface area contributed by atoms with Gasteiger partial charge in [-0.15, -0.1) is 0 Å². The maximum atomic E-state index is 12.5. The average molecular weight is 328 g/mol. The van der Waals surface area contributed by atoms with Crippen LogP contribution in [-0.2, 0) is 7.05 Å². The van der Waals surface area contributed by atoms with E-state index in [0.29, 0.717) is 16.5 Å². The summed E-state index contributed by atoms with van der Waals surface area (Å²) >= 11 is 6.37. The fourth-order valence-corrected chi connectivity index (χ4v) is 2.77. The third-order valence-electron chi connectivity index (χ3n) is 3.91. The number of pyridine rings is 1. The lowest BCUT2D eigenvalue weighted by atomic mass is 10.0. The molecule has 0 spiro atoms. The second-order valence-electron chi connectivity index (χ2n) is 5.88. The van der Waals surface area contributed by atoms with Gasteiger partial charge >= 0.3 is 0 Å². The number of benzene rings is 1. The van der Waals surface area contributed by atoms with Gasteiger partial charge in [0.1, 0.15) is 5.65 Å². The number of nitrogens with one attached hydrogen (secondary N) is 1. The SMILES string of the molecule is CC(C)c1ccc(NC(=O)c2cnc3c(ccn3C)c2Cl)cc1. The molecule has 118 valence electrons. The summed E-state index contributed by atoms with van der Waals surface area (Å²) in [5, 5.41) is 4.06. The Kier molecular flexibility index (Phi) is 4.09. The fourth-order valence-electron chi connectivity index (χ4n) is 2.49. The number of carbonyl (C=O) groups is 1. The molecular formula is C18H18ClN3O. The monoisotopic (exact) mass is 327 g/mol. The summed E-state index contributed by atoms with van der Waals surface area (Å²) in [4.78, 5) is 16.8. The molecule has 23 heavy (non-hydrogen) atoms. The molecule has 1 N–H and O–H groups in total. The molecule has 1 aromatic carbocycles. The van der Waals surface area contributed by atoms with Gasteiger partial charge in [0.05, 0.1) is 10.6 Å². The Balaban J connectivity index is 1.87. The van der Waals surface area contributed by atoms with Crippen molar-refractivity contribution >= 4 is 34.2 Å². The lowest BCUT2D eigenvalue weighted by molar-refractivity contribution is 0.102. The highest BCUT2D eigenvalue weighted by molar-refractivity contribution is 6.38. The molecule has 1 amide bonds. The van der Waals surface area contributed by atoms with Crippen molar-refractivity contribution in [3.63, 3.8) is 0 Å². The van der Waals surface area contributed by atoms with E-state index in [4.69, 9.17) is 11.6 Å². The zero-order valence-electron chi connectivity index (χ0n) is 13.3. The molecular weight excluding hydrogens is 310 g/mol. The van der Waals surface area contributed by atoms with Crippen molar-refractivity contribution in [3.05, 3.63) is 58.9 Å². The van der Waals surface area contributed by atoms with Gasteiger partial charge in [-0.05, 0) is 29.7 Å². The maximum Gasteiger partial charge on any atom is 0.258 e. The summed E-state index contributed by atoms with van der Waals surface area (Å²) in [7, 11) is 1.89. The first kappa shape index (κ1) is 15.6. The Morgan fingerprint density at radius 3 is 2.57 bits per heavy atom. The van der Waals surface area contributed by atoms with Crippen LogP contribution in [0.15, 0.2) is 42.7 Å². The normalized spacial score (nSPS) is 11.2. The van der Waals surface area contributed by atoms with Crippen LogP contribution in [0.1, 0.15) is 35.7 Å². The number of aromatic nitrogens is 2. The van der Waals surface area contributed by atoms with Crippen molar-refractivity contribution in [2.75, 3.05) is 5.32 Å². The van der Waals surface area contributed by atoms with Crippen LogP contribution >= 0.6 is 11.6 Å². The number of amides is 1. The van der Waals surface area contributed by atoms with Gasteiger partial charge in [-0.2, -0.15) is 0 Å². The third-order valence-corrected chi connectivity index (χ3v) is 4.32. The first-order valence-electron chi connectivity index (χ1n) is 7.48. The highest BCUT2D eigenvalue weighted by Gasteiger charge is 2.15. The molecule has 5 heteroatoms. The van der Waals surface area contributed by atoms with Crippen LogP contribution in [0.25, 0.3) is 11.0 Å². The molecule has 0 saturated heterocycles. The number of fused-ring (bicyclic) bond motifs is 1. The molecule has 2 aromatic heterocycles. The van der Waals surface area contributed by atoms with E-state index in [1.807, 2.05) is 48.1 Å². The predicted octanol–water partition coefficient (Wildman–Crippen LogP) is 4.60. The van der Waals surface area contributed by atoms with E-state index in [9.17, 15) is 4.79 Å². The number of halogens is 1. The Bertz CT molecular complexity index is 866. The van der Waals surface area contributed by atoms with Crippen molar-refractivity contribution in [2.45, 2.75) is 19.8 Å². The second kappa shape index (κ2) is 6.05. The molecule has 0 radical (unpaired) electrons. The lowest BCUT2D eigenvalue weighted by Crippen LogP contribution is -2.13. The Labute approximate surface area is 140 Å². The van der Waals surface area contributed by atoms with Gasteiger partial charge in [0.2, 0.25) is 0 Å².